The van der Waals surface area contributed by atoms with Crippen LogP contribution in [0.3, 0.4) is 0 Å². The lowest BCUT2D eigenvalue weighted by molar-refractivity contribution is 0.00578. The van der Waals surface area contributed by atoms with E-state index in [0.29, 0.717) is 13.2 Å². The van der Waals surface area contributed by atoms with E-state index in [-0.39, 0.29) is 18.3 Å². The zero-order valence-corrected chi connectivity index (χ0v) is 17.2. The van der Waals surface area contributed by atoms with Crippen molar-refractivity contribution in [1.82, 2.24) is 0 Å². The van der Waals surface area contributed by atoms with Crippen LogP contribution >= 0.6 is 0 Å². The fraction of sp³-hybridized carbons (Fsp3) is 0.455. The molecule has 1 aliphatic heterocycles. The number of hydrogen-bond donors (Lipinski definition) is 0. The zero-order valence-electron chi connectivity index (χ0n) is 17.2. The third kappa shape index (κ3) is 4.66. The first-order valence-corrected chi connectivity index (χ1v) is 9.46. The number of rotatable bonds is 6. The molecule has 0 spiro atoms. The molecule has 27 heavy (non-hydrogen) atoms. The summed E-state index contributed by atoms with van der Waals surface area (Å²) in [6, 6.07) is 14.1. The third-order valence-electron chi connectivity index (χ3n) is 5.22. The zero-order chi connectivity index (χ0) is 19.7. The topological polar surface area (TPSA) is 36.9 Å². The van der Waals surface area contributed by atoms with E-state index in [9.17, 15) is 0 Å². The second-order valence-electron chi connectivity index (χ2n) is 8.18. The molecular formula is C22H29BO4. The Morgan fingerprint density at radius 1 is 0.741 bits per heavy atom. The summed E-state index contributed by atoms with van der Waals surface area (Å²) in [5.41, 5.74) is 2.72. The summed E-state index contributed by atoms with van der Waals surface area (Å²) >= 11 is 0. The van der Waals surface area contributed by atoms with Gasteiger partial charge in [0, 0.05) is 0 Å². The molecule has 0 aromatic heterocycles. The van der Waals surface area contributed by atoms with Gasteiger partial charge in [-0.05, 0) is 82.4 Å². The Labute approximate surface area is 162 Å². The fourth-order valence-corrected chi connectivity index (χ4v) is 3.04. The van der Waals surface area contributed by atoms with Crippen molar-refractivity contribution in [2.45, 2.75) is 52.7 Å². The molecule has 1 heterocycles. The first-order chi connectivity index (χ1) is 12.7. The molecule has 0 N–H and O–H groups in total. The van der Waals surface area contributed by atoms with E-state index in [1.165, 1.54) is 11.1 Å². The quantitative estimate of drug-likeness (QED) is 0.569. The van der Waals surface area contributed by atoms with E-state index < -0.39 is 0 Å². The van der Waals surface area contributed by atoms with Crippen molar-refractivity contribution in [3.63, 3.8) is 0 Å². The molecule has 0 unspecified atom stereocenters. The van der Waals surface area contributed by atoms with Crippen molar-refractivity contribution in [2.75, 3.05) is 13.2 Å². The molecule has 1 fully saturated rings. The normalized spacial score (nSPS) is 17.8. The molecule has 0 bridgehead atoms. The highest BCUT2D eigenvalue weighted by Gasteiger charge is 2.51. The summed E-state index contributed by atoms with van der Waals surface area (Å²) in [7, 11) is -0.350. The average Bonchev–Trinajstić information content (AvgIpc) is 2.79. The maximum Gasteiger partial charge on any atom is 0.494 e. The van der Waals surface area contributed by atoms with Crippen LogP contribution in [0.5, 0.6) is 11.5 Å². The van der Waals surface area contributed by atoms with Gasteiger partial charge >= 0.3 is 7.12 Å². The van der Waals surface area contributed by atoms with Crippen LogP contribution in [0.4, 0.5) is 0 Å². The van der Waals surface area contributed by atoms with Crippen molar-refractivity contribution in [1.29, 1.82) is 0 Å². The minimum absolute atomic E-state index is 0.335. The minimum Gasteiger partial charge on any atom is -0.490 e. The number of hydrogen-bond acceptors (Lipinski definition) is 4. The molecule has 144 valence electrons. The van der Waals surface area contributed by atoms with Crippen molar-refractivity contribution in [3.8, 4) is 11.5 Å². The lowest BCUT2D eigenvalue weighted by Crippen LogP contribution is -2.41. The van der Waals surface area contributed by atoms with E-state index >= 15 is 0 Å². The lowest BCUT2D eigenvalue weighted by Gasteiger charge is -2.32. The van der Waals surface area contributed by atoms with Gasteiger partial charge < -0.3 is 18.8 Å². The highest BCUT2D eigenvalue weighted by molar-refractivity contribution is 6.62. The van der Waals surface area contributed by atoms with Crippen LogP contribution in [0, 0.1) is 13.8 Å². The Morgan fingerprint density at radius 3 is 1.74 bits per heavy atom. The van der Waals surface area contributed by atoms with Gasteiger partial charge in [-0.15, -0.1) is 0 Å². The molecule has 0 amide bonds. The lowest BCUT2D eigenvalue weighted by atomic mass is 9.79. The van der Waals surface area contributed by atoms with Crippen LogP contribution in [0.25, 0.3) is 0 Å². The van der Waals surface area contributed by atoms with Crippen molar-refractivity contribution in [3.05, 3.63) is 53.6 Å². The number of aryl methyl sites for hydroxylation is 2. The highest BCUT2D eigenvalue weighted by Crippen LogP contribution is 2.36. The van der Waals surface area contributed by atoms with Gasteiger partial charge in [0.25, 0.3) is 0 Å². The van der Waals surface area contributed by atoms with Gasteiger partial charge in [0.05, 0.1) is 11.2 Å². The van der Waals surface area contributed by atoms with Gasteiger partial charge in [0.1, 0.15) is 24.7 Å². The minimum atomic E-state index is -0.350. The van der Waals surface area contributed by atoms with Crippen LogP contribution in [0.1, 0.15) is 38.8 Å². The number of benzene rings is 2. The molecular weight excluding hydrogens is 339 g/mol. The van der Waals surface area contributed by atoms with Gasteiger partial charge in [-0.25, -0.2) is 0 Å². The van der Waals surface area contributed by atoms with Gasteiger partial charge in [-0.3, -0.25) is 0 Å². The summed E-state index contributed by atoms with van der Waals surface area (Å²) < 4.78 is 23.7. The smallest absolute Gasteiger partial charge is 0.490 e. The van der Waals surface area contributed by atoms with Gasteiger partial charge in [-0.1, -0.05) is 18.2 Å². The SMILES string of the molecule is Cc1cc(C)cc(OCCOc2ccc(B3OC(C)(C)C(C)(C)O3)cc2)c1. The molecule has 2 aromatic carbocycles. The maximum absolute atomic E-state index is 6.07. The van der Waals surface area contributed by atoms with Crippen molar-refractivity contribution < 1.29 is 18.8 Å². The van der Waals surface area contributed by atoms with Crippen LogP contribution in [0.15, 0.2) is 42.5 Å². The van der Waals surface area contributed by atoms with E-state index in [0.717, 1.165) is 17.0 Å². The summed E-state index contributed by atoms with van der Waals surface area (Å²) in [6.45, 7) is 13.3. The molecule has 0 radical (unpaired) electrons. The van der Waals surface area contributed by atoms with Crippen molar-refractivity contribution in [2.24, 2.45) is 0 Å². The number of ether oxygens (including phenoxy) is 2. The van der Waals surface area contributed by atoms with Crippen LogP contribution in [-0.4, -0.2) is 31.5 Å². The summed E-state index contributed by atoms with van der Waals surface area (Å²) in [5, 5.41) is 0. The Hall–Kier alpha value is -1.98. The second-order valence-corrected chi connectivity index (χ2v) is 8.18. The molecule has 5 heteroatoms. The summed E-state index contributed by atoms with van der Waals surface area (Å²) in [5.74, 6) is 1.69. The van der Waals surface area contributed by atoms with E-state index in [2.05, 4.69) is 47.6 Å². The van der Waals surface area contributed by atoms with Crippen LogP contribution in [-0.2, 0) is 9.31 Å². The molecule has 4 nitrogen and oxygen atoms in total. The Kier molecular flexibility index (Phi) is 5.54. The second kappa shape index (κ2) is 7.57. The molecule has 2 aromatic rings. The average molecular weight is 368 g/mol. The molecule has 3 rings (SSSR count). The van der Waals surface area contributed by atoms with E-state index in [4.69, 9.17) is 18.8 Å². The standard InChI is InChI=1S/C22H29BO4/c1-16-13-17(2)15-20(14-16)25-12-11-24-19-9-7-18(8-10-19)23-26-21(3,4)22(5,6)27-23/h7-10,13-15H,11-12H2,1-6H3. The summed E-state index contributed by atoms with van der Waals surface area (Å²) in [6.07, 6.45) is 0. The predicted molar refractivity (Wildman–Crippen MR) is 109 cm³/mol. The van der Waals surface area contributed by atoms with Gasteiger partial charge in [0.2, 0.25) is 0 Å². The van der Waals surface area contributed by atoms with Gasteiger partial charge in [0.15, 0.2) is 0 Å². The fourth-order valence-electron chi connectivity index (χ4n) is 3.04. The van der Waals surface area contributed by atoms with Crippen LogP contribution in [0.2, 0.25) is 0 Å². The predicted octanol–water partition coefficient (Wildman–Crippen LogP) is 4.06. The van der Waals surface area contributed by atoms with Crippen molar-refractivity contribution >= 4 is 12.6 Å². The van der Waals surface area contributed by atoms with Crippen LogP contribution < -0.4 is 14.9 Å². The monoisotopic (exact) mass is 368 g/mol. The Bertz CT molecular complexity index is 747. The highest BCUT2D eigenvalue weighted by atomic mass is 16.7. The molecule has 0 aliphatic carbocycles. The molecule has 1 saturated heterocycles. The van der Waals surface area contributed by atoms with E-state index in [1.54, 1.807) is 0 Å². The van der Waals surface area contributed by atoms with Gasteiger partial charge in [-0.2, -0.15) is 0 Å². The molecule has 1 aliphatic rings. The first-order valence-electron chi connectivity index (χ1n) is 9.46. The first kappa shape index (κ1) is 19.8. The summed E-state index contributed by atoms with van der Waals surface area (Å²) in [4.78, 5) is 0. The van der Waals surface area contributed by atoms with E-state index in [1.807, 2.05) is 36.4 Å². The Balaban J connectivity index is 1.50. The third-order valence-corrected chi connectivity index (χ3v) is 5.22. The maximum atomic E-state index is 6.07. The molecule has 0 saturated carbocycles. The largest absolute Gasteiger partial charge is 0.494 e. The molecule has 0 atom stereocenters. The Morgan fingerprint density at radius 2 is 1.22 bits per heavy atom.